The molecule has 8 nitrogen and oxygen atoms in total. The van der Waals surface area contributed by atoms with Crippen molar-refractivity contribution < 1.29 is 14.0 Å². The first kappa shape index (κ1) is 18.9. The van der Waals surface area contributed by atoms with Crippen molar-refractivity contribution in [3.63, 3.8) is 0 Å². The molecular formula is C21H23N5O3. The molecule has 2 aromatic heterocycles. The SMILES string of the molecule is Cc1cccc(-n2nc(C(=O)NCCCN3CCCC3=O)nc2-c2ccco2)c1. The van der Waals surface area contributed by atoms with Gasteiger partial charge in [-0.15, -0.1) is 5.10 Å². The number of carbonyl (C=O) groups excluding carboxylic acids is 2. The number of furan rings is 1. The van der Waals surface area contributed by atoms with E-state index in [1.165, 1.54) is 0 Å². The van der Waals surface area contributed by atoms with E-state index in [1.54, 1.807) is 23.1 Å². The third-order valence-electron chi connectivity index (χ3n) is 4.86. The van der Waals surface area contributed by atoms with Crippen LogP contribution in [0.2, 0.25) is 0 Å². The third kappa shape index (κ3) is 4.21. The maximum atomic E-state index is 12.6. The van der Waals surface area contributed by atoms with Crippen LogP contribution in [0.1, 0.15) is 35.4 Å². The first-order valence-corrected chi connectivity index (χ1v) is 9.76. The predicted octanol–water partition coefficient (Wildman–Crippen LogP) is 2.58. The molecule has 0 radical (unpaired) electrons. The number of nitrogens with one attached hydrogen (secondary N) is 1. The van der Waals surface area contributed by atoms with E-state index < -0.39 is 0 Å². The average Bonchev–Trinajstić information content (AvgIpc) is 3.45. The number of hydrogen-bond donors (Lipinski definition) is 1. The van der Waals surface area contributed by atoms with Crippen LogP contribution in [0.5, 0.6) is 0 Å². The van der Waals surface area contributed by atoms with Gasteiger partial charge in [-0.3, -0.25) is 9.59 Å². The maximum Gasteiger partial charge on any atom is 0.290 e. The van der Waals surface area contributed by atoms with Crippen LogP contribution >= 0.6 is 0 Å². The molecule has 3 heterocycles. The normalized spacial score (nSPS) is 13.8. The highest BCUT2D eigenvalue weighted by Gasteiger charge is 2.21. The van der Waals surface area contributed by atoms with Crippen molar-refractivity contribution in [1.29, 1.82) is 0 Å². The van der Waals surface area contributed by atoms with Crippen LogP contribution in [0.25, 0.3) is 17.3 Å². The minimum absolute atomic E-state index is 0.0788. The first-order chi connectivity index (χ1) is 14.1. The molecule has 4 rings (SSSR count). The number of amides is 2. The molecule has 0 aliphatic carbocycles. The van der Waals surface area contributed by atoms with Crippen LogP contribution < -0.4 is 5.32 Å². The lowest BCUT2D eigenvalue weighted by atomic mass is 10.2. The van der Waals surface area contributed by atoms with E-state index >= 15 is 0 Å². The van der Waals surface area contributed by atoms with Crippen molar-refractivity contribution in [3.8, 4) is 17.3 Å². The Morgan fingerprint density at radius 3 is 2.90 bits per heavy atom. The number of aromatic nitrogens is 3. The van der Waals surface area contributed by atoms with Crippen LogP contribution in [-0.2, 0) is 4.79 Å². The Bertz CT molecular complexity index is 1010. The number of rotatable bonds is 7. The van der Waals surface area contributed by atoms with E-state index in [1.807, 2.05) is 36.1 Å². The summed E-state index contributed by atoms with van der Waals surface area (Å²) in [5.41, 5.74) is 1.88. The van der Waals surface area contributed by atoms with E-state index in [9.17, 15) is 9.59 Å². The Hall–Kier alpha value is -3.42. The van der Waals surface area contributed by atoms with E-state index in [0.29, 0.717) is 37.5 Å². The molecule has 8 heteroatoms. The molecule has 1 N–H and O–H groups in total. The summed E-state index contributed by atoms with van der Waals surface area (Å²) in [6.07, 6.45) is 3.80. The lowest BCUT2D eigenvalue weighted by molar-refractivity contribution is -0.127. The van der Waals surface area contributed by atoms with Gasteiger partial charge in [0.05, 0.1) is 12.0 Å². The molecule has 0 saturated carbocycles. The molecule has 29 heavy (non-hydrogen) atoms. The van der Waals surface area contributed by atoms with E-state index in [2.05, 4.69) is 15.4 Å². The first-order valence-electron chi connectivity index (χ1n) is 9.76. The van der Waals surface area contributed by atoms with E-state index in [4.69, 9.17) is 4.42 Å². The monoisotopic (exact) mass is 393 g/mol. The fourth-order valence-electron chi connectivity index (χ4n) is 3.40. The molecule has 0 bridgehead atoms. The van der Waals surface area contributed by atoms with Crippen molar-refractivity contribution in [3.05, 3.63) is 54.0 Å². The Kier molecular flexibility index (Phi) is 5.41. The number of hydrogen-bond acceptors (Lipinski definition) is 5. The van der Waals surface area contributed by atoms with Gasteiger partial charge < -0.3 is 14.6 Å². The van der Waals surface area contributed by atoms with Gasteiger partial charge in [0.15, 0.2) is 11.6 Å². The van der Waals surface area contributed by atoms with Gasteiger partial charge in [0.2, 0.25) is 11.7 Å². The van der Waals surface area contributed by atoms with Gasteiger partial charge in [0.1, 0.15) is 0 Å². The zero-order valence-electron chi connectivity index (χ0n) is 16.3. The third-order valence-corrected chi connectivity index (χ3v) is 4.86. The summed E-state index contributed by atoms with van der Waals surface area (Å²) in [7, 11) is 0. The van der Waals surface area contributed by atoms with Gasteiger partial charge >= 0.3 is 0 Å². The van der Waals surface area contributed by atoms with Gasteiger partial charge in [-0.1, -0.05) is 12.1 Å². The fraction of sp³-hybridized carbons (Fsp3) is 0.333. The van der Waals surface area contributed by atoms with Crippen molar-refractivity contribution in [1.82, 2.24) is 25.0 Å². The summed E-state index contributed by atoms with van der Waals surface area (Å²) in [6.45, 7) is 3.91. The van der Waals surface area contributed by atoms with Gasteiger partial charge in [0, 0.05) is 26.1 Å². The lowest BCUT2D eigenvalue weighted by Crippen LogP contribution is -2.31. The summed E-state index contributed by atoms with van der Waals surface area (Å²) in [4.78, 5) is 30.5. The minimum Gasteiger partial charge on any atom is -0.461 e. The second-order valence-electron chi connectivity index (χ2n) is 7.08. The molecular weight excluding hydrogens is 370 g/mol. The van der Waals surface area contributed by atoms with Gasteiger partial charge in [-0.2, -0.15) is 4.98 Å². The van der Waals surface area contributed by atoms with Crippen LogP contribution in [-0.4, -0.2) is 51.1 Å². The fourth-order valence-corrected chi connectivity index (χ4v) is 3.40. The zero-order chi connectivity index (χ0) is 20.2. The van der Waals surface area contributed by atoms with Crippen molar-refractivity contribution in [2.75, 3.05) is 19.6 Å². The second-order valence-corrected chi connectivity index (χ2v) is 7.08. The van der Waals surface area contributed by atoms with Crippen molar-refractivity contribution >= 4 is 11.8 Å². The molecule has 0 atom stereocenters. The average molecular weight is 393 g/mol. The number of nitrogens with zero attached hydrogens (tertiary/aromatic N) is 4. The maximum absolute atomic E-state index is 12.6. The van der Waals surface area contributed by atoms with Crippen LogP contribution in [0.4, 0.5) is 0 Å². The molecule has 0 unspecified atom stereocenters. The Morgan fingerprint density at radius 1 is 1.28 bits per heavy atom. The Morgan fingerprint density at radius 2 is 2.17 bits per heavy atom. The summed E-state index contributed by atoms with van der Waals surface area (Å²) in [6, 6.07) is 11.3. The molecule has 3 aromatic rings. The predicted molar refractivity (Wildman–Crippen MR) is 107 cm³/mol. The summed E-state index contributed by atoms with van der Waals surface area (Å²) < 4.78 is 7.09. The van der Waals surface area contributed by atoms with Gasteiger partial charge in [0.25, 0.3) is 5.91 Å². The Balaban J connectivity index is 1.48. The molecule has 1 saturated heterocycles. The van der Waals surface area contributed by atoms with Crippen molar-refractivity contribution in [2.45, 2.75) is 26.2 Å². The molecule has 0 spiro atoms. The number of likely N-dealkylation sites (tertiary alicyclic amines) is 1. The lowest BCUT2D eigenvalue weighted by Gasteiger charge is -2.14. The number of benzene rings is 1. The highest BCUT2D eigenvalue weighted by molar-refractivity contribution is 5.90. The van der Waals surface area contributed by atoms with Gasteiger partial charge in [-0.25, -0.2) is 4.68 Å². The van der Waals surface area contributed by atoms with Crippen molar-refractivity contribution in [2.24, 2.45) is 0 Å². The number of aryl methyl sites for hydroxylation is 1. The van der Waals surface area contributed by atoms with Crippen LogP contribution in [0, 0.1) is 6.92 Å². The summed E-state index contributed by atoms with van der Waals surface area (Å²) >= 11 is 0. The minimum atomic E-state index is -0.350. The van der Waals surface area contributed by atoms with Crippen LogP contribution in [0.3, 0.4) is 0 Å². The van der Waals surface area contributed by atoms with E-state index in [-0.39, 0.29) is 17.6 Å². The topological polar surface area (TPSA) is 93.3 Å². The largest absolute Gasteiger partial charge is 0.461 e. The highest BCUT2D eigenvalue weighted by Crippen LogP contribution is 2.22. The van der Waals surface area contributed by atoms with Crippen LogP contribution in [0.15, 0.2) is 47.1 Å². The number of carbonyl (C=O) groups is 2. The molecule has 1 fully saturated rings. The second kappa shape index (κ2) is 8.30. The molecule has 1 aliphatic heterocycles. The quantitative estimate of drug-likeness (QED) is 0.623. The highest BCUT2D eigenvalue weighted by atomic mass is 16.3. The molecule has 2 amide bonds. The smallest absolute Gasteiger partial charge is 0.290 e. The summed E-state index contributed by atoms with van der Waals surface area (Å²) in [5.74, 6) is 0.920. The molecule has 1 aliphatic rings. The standard InChI is InChI=1S/C21H23N5O3/c1-15-6-2-7-16(14-15)26-20(17-8-4-13-29-17)23-19(24-26)21(28)22-10-5-12-25-11-3-9-18(25)27/h2,4,6-8,13-14H,3,5,9-12H2,1H3,(H,22,28). The zero-order valence-corrected chi connectivity index (χ0v) is 16.3. The summed E-state index contributed by atoms with van der Waals surface area (Å²) in [5, 5.41) is 7.26. The molecule has 150 valence electrons. The Labute approximate surface area is 168 Å². The van der Waals surface area contributed by atoms with E-state index in [0.717, 1.165) is 24.2 Å². The van der Waals surface area contributed by atoms with Gasteiger partial charge in [-0.05, 0) is 49.6 Å². The molecule has 1 aromatic carbocycles.